The zero-order valence-corrected chi connectivity index (χ0v) is 32.8. The standard InChI is InChI=1S/C32H40N4O3S.C9H13NOS/c1-3-4-5-6-7-21-39-28-17-15-25(16-18-28)27-22-33-31(34-23-27)26-13-10-24(11-14-26)12-19-30(37)36-20-8-9-29(36)32(38)35-40-2;1-9(2,3)7-5-4-6(12-7)8(10)11/h10-11,13-18,22-23,29H,3-9,12,19-21H2,1-2H3,(H,35,38);4-5H,1-3H3,(H2,10,11). The van der Waals surface area contributed by atoms with Crippen molar-refractivity contribution in [2.24, 2.45) is 5.73 Å². The van der Waals surface area contributed by atoms with E-state index in [2.05, 4.69) is 42.4 Å². The maximum atomic E-state index is 12.8. The lowest BCUT2D eigenvalue weighted by atomic mass is 9.95. The van der Waals surface area contributed by atoms with Crippen LogP contribution in [-0.2, 0) is 21.4 Å². The number of likely N-dealkylation sites (tertiary alicyclic amines) is 1. The van der Waals surface area contributed by atoms with E-state index in [0.717, 1.165) is 53.9 Å². The molecule has 4 aromatic rings. The Morgan fingerprint density at radius 2 is 1.60 bits per heavy atom. The summed E-state index contributed by atoms with van der Waals surface area (Å²) in [4.78, 5) is 48.5. The molecule has 0 radical (unpaired) electrons. The lowest BCUT2D eigenvalue weighted by Crippen LogP contribution is -2.44. The zero-order valence-electron chi connectivity index (χ0n) is 31.2. The topological polar surface area (TPSA) is 128 Å². The summed E-state index contributed by atoms with van der Waals surface area (Å²) >= 11 is 2.75. The highest BCUT2D eigenvalue weighted by molar-refractivity contribution is 7.97. The molecule has 11 heteroatoms. The Morgan fingerprint density at radius 3 is 2.19 bits per heavy atom. The Labute approximate surface area is 317 Å². The largest absolute Gasteiger partial charge is 0.494 e. The Kier molecular flexibility index (Phi) is 15.7. The number of carbonyl (C=O) groups excluding carboxylic acids is 3. The minimum absolute atomic E-state index is 0.0313. The first kappa shape index (κ1) is 40.5. The van der Waals surface area contributed by atoms with E-state index in [1.165, 1.54) is 53.8 Å². The van der Waals surface area contributed by atoms with E-state index < -0.39 is 0 Å². The van der Waals surface area contributed by atoms with Crippen LogP contribution in [0.2, 0.25) is 0 Å². The number of thiophene rings is 1. The number of ether oxygens (including phenoxy) is 1. The molecule has 2 aromatic carbocycles. The van der Waals surface area contributed by atoms with Gasteiger partial charge in [0.1, 0.15) is 11.8 Å². The number of hydrogen-bond acceptors (Lipinski definition) is 8. The number of nitrogens with one attached hydrogen (secondary N) is 1. The van der Waals surface area contributed by atoms with Gasteiger partial charge in [0.15, 0.2) is 5.82 Å². The number of primary amides is 1. The molecule has 3 amide bonds. The van der Waals surface area contributed by atoms with Crippen molar-refractivity contribution in [2.75, 3.05) is 19.4 Å². The molecule has 52 heavy (non-hydrogen) atoms. The first-order valence-corrected chi connectivity index (χ1v) is 20.2. The highest BCUT2D eigenvalue weighted by Gasteiger charge is 2.33. The van der Waals surface area contributed by atoms with Gasteiger partial charge in [-0.05, 0) is 66.5 Å². The molecule has 9 nitrogen and oxygen atoms in total. The van der Waals surface area contributed by atoms with Crippen LogP contribution in [0, 0.1) is 0 Å². The minimum atomic E-state index is -0.348. The second kappa shape index (κ2) is 20.1. The number of aryl methyl sites for hydroxylation is 1. The van der Waals surface area contributed by atoms with Crippen LogP contribution in [0.3, 0.4) is 0 Å². The highest BCUT2D eigenvalue weighted by atomic mass is 32.2. The van der Waals surface area contributed by atoms with Gasteiger partial charge in [0.05, 0.1) is 11.5 Å². The fourth-order valence-corrected chi connectivity index (χ4v) is 7.11. The molecule has 1 fully saturated rings. The molecule has 3 N–H and O–H groups in total. The third-order valence-corrected chi connectivity index (χ3v) is 10.8. The molecule has 0 bridgehead atoms. The Hall–Kier alpha value is -4.22. The monoisotopic (exact) mass is 743 g/mol. The number of carbonyl (C=O) groups is 3. The average Bonchev–Trinajstić information content (AvgIpc) is 3.85. The summed E-state index contributed by atoms with van der Waals surface area (Å²) < 4.78 is 8.64. The maximum Gasteiger partial charge on any atom is 0.258 e. The van der Waals surface area contributed by atoms with Crippen LogP contribution in [0.4, 0.5) is 0 Å². The predicted molar refractivity (Wildman–Crippen MR) is 213 cm³/mol. The third-order valence-electron chi connectivity index (χ3n) is 8.86. The van der Waals surface area contributed by atoms with Gasteiger partial charge in [-0.2, -0.15) is 0 Å². The van der Waals surface area contributed by atoms with Crippen LogP contribution < -0.4 is 15.2 Å². The number of nitrogens with zero attached hydrogens (tertiary/aromatic N) is 3. The Bertz CT molecular complexity index is 1720. The number of unbranched alkanes of at least 4 members (excludes halogenated alkanes) is 4. The van der Waals surface area contributed by atoms with Gasteiger partial charge in [0.25, 0.3) is 11.8 Å². The molecule has 0 spiro atoms. The number of hydrogen-bond donors (Lipinski definition) is 2. The van der Waals surface area contributed by atoms with Gasteiger partial charge in [0.2, 0.25) is 5.91 Å². The van der Waals surface area contributed by atoms with Crippen LogP contribution in [0.15, 0.2) is 73.1 Å². The molecule has 5 rings (SSSR count). The van der Waals surface area contributed by atoms with Crippen molar-refractivity contribution in [3.8, 4) is 28.3 Å². The van der Waals surface area contributed by atoms with Crippen LogP contribution in [0.25, 0.3) is 22.5 Å². The van der Waals surface area contributed by atoms with Crippen LogP contribution >= 0.6 is 23.3 Å². The zero-order chi connectivity index (χ0) is 37.5. The average molecular weight is 744 g/mol. The SMILES string of the molecule is CC(C)(C)c1ccc(C(N)=O)s1.CCCCCCCOc1ccc(-c2cnc(-c3ccc(CCC(=O)N4CCCC4C(=O)NSC)cc3)nc2)cc1. The smallest absolute Gasteiger partial charge is 0.258 e. The number of amides is 3. The van der Waals surface area contributed by atoms with Gasteiger partial charge < -0.3 is 15.4 Å². The van der Waals surface area contributed by atoms with Crippen molar-refractivity contribution >= 4 is 41.0 Å². The summed E-state index contributed by atoms with van der Waals surface area (Å²) in [6, 6.07) is 19.5. The normalized spacial score (nSPS) is 14.0. The van der Waals surface area contributed by atoms with Gasteiger partial charge in [-0.25, -0.2) is 9.97 Å². The number of rotatable bonds is 15. The highest BCUT2D eigenvalue weighted by Crippen LogP contribution is 2.29. The molecule has 1 aliphatic heterocycles. The predicted octanol–water partition coefficient (Wildman–Crippen LogP) is 8.62. The molecule has 1 aliphatic rings. The number of nitrogens with two attached hydrogens (primary N) is 1. The molecule has 2 aromatic heterocycles. The van der Waals surface area contributed by atoms with Crippen molar-refractivity contribution < 1.29 is 19.1 Å². The van der Waals surface area contributed by atoms with Crippen molar-refractivity contribution in [3.63, 3.8) is 0 Å². The molecule has 0 saturated carbocycles. The van der Waals surface area contributed by atoms with Crippen LogP contribution in [-0.4, -0.2) is 58.0 Å². The molecule has 3 heterocycles. The molecular weight excluding hydrogens is 691 g/mol. The van der Waals surface area contributed by atoms with Gasteiger partial charge in [-0.3, -0.25) is 19.1 Å². The van der Waals surface area contributed by atoms with Gasteiger partial charge >= 0.3 is 0 Å². The van der Waals surface area contributed by atoms with E-state index in [1.54, 1.807) is 11.0 Å². The molecule has 278 valence electrons. The van der Waals surface area contributed by atoms with E-state index in [0.29, 0.717) is 30.1 Å². The van der Waals surface area contributed by atoms with Gasteiger partial charge in [-0.15, -0.1) is 11.3 Å². The fourth-order valence-electron chi connectivity index (χ4n) is 5.86. The second-order valence-electron chi connectivity index (χ2n) is 14.0. The number of benzene rings is 2. The molecular formula is C41H53N5O4S2. The first-order chi connectivity index (χ1) is 25.0. The summed E-state index contributed by atoms with van der Waals surface area (Å²) in [6.45, 7) is 9.97. The van der Waals surface area contributed by atoms with E-state index in [-0.39, 0.29) is 29.2 Å². The minimum Gasteiger partial charge on any atom is -0.494 e. The van der Waals surface area contributed by atoms with Crippen molar-refractivity contribution in [3.05, 3.63) is 88.4 Å². The van der Waals surface area contributed by atoms with E-state index in [1.807, 2.05) is 73.2 Å². The first-order valence-electron chi connectivity index (χ1n) is 18.2. The summed E-state index contributed by atoms with van der Waals surface area (Å²) in [5.74, 6) is 1.16. The summed E-state index contributed by atoms with van der Waals surface area (Å²) in [7, 11) is 0. The number of aromatic nitrogens is 2. The molecule has 1 atom stereocenters. The summed E-state index contributed by atoms with van der Waals surface area (Å²) in [5.41, 5.74) is 9.25. The van der Waals surface area contributed by atoms with E-state index in [4.69, 9.17) is 10.5 Å². The third kappa shape index (κ3) is 12.2. The Balaban J connectivity index is 0.000000427. The second-order valence-corrected chi connectivity index (χ2v) is 15.7. The Morgan fingerprint density at radius 1 is 0.923 bits per heavy atom. The molecule has 1 saturated heterocycles. The van der Waals surface area contributed by atoms with Gasteiger partial charge in [-0.1, -0.05) is 102 Å². The summed E-state index contributed by atoms with van der Waals surface area (Å²) in [6.07, 6.45) is 14.3. The fraction of sp³-hybridized carbons (Fsp3) is 0.439. The van der Waals surface area contributed by atoms with Crippen molar-refractivity contribution in [1.29, 1.82) is 0 Å². The maximum absolute atomic E-state index is 12.8. The molecule has 1 unspecified atom stereocenters. The van der Waals surface area contributed by atoms with Crippen molar-refractivity contribution in [2.45, 2.75) is 96.9 Å². The van der Waals surface area contributed by atoms with Crippen LogP contribution in [0.5, 0.6) is 5.75 Å². The van der Waals surface area contributed by atoms with Crippen LogP contribution in [0.1, 0.15) is 99.2 Å². The van der Waals surface area contributed by atoms with Gasteiger partial charge in [0, 0.05) is 47.6 Å². The lowest BCUT2D eigenvalue weighted by Gasteiger charge is -2.23. The van der Waals surface area contributed by atoms with E-state index in [9.17, 15) is 14.4 Å². The van der Waals surface area contributed by atoms with Crippen molar-refractivity contribution in [1.82, 2.24) is 19.6 Å². The molecule has 0 aliphatic carbocycles. The quantitative estimate of drug-likeness (QED) is 0.0922. The summed E-state index contributed by atoms with van der Waals surface area (Å²) in [5, 5.41) is 0. The van der Waals surface area contributed by atoms with E-state index >= 15 is 0 Å². The lowest BCUT2D eigenvalue weighted by molar-refractivity contribution is -0.137.